The lowest BCUT2D eigenvalue weighted by molar-refractivity contribution is 0.175. The lowest BCUT2D eigenvalue weighted by Gasteiger charge is -2.35. The minimum absolute atomic E-state index is 0.865. The van der Waals surface area contributed by atoms with Crippen molar-refractivity contribution >= 4 is 17.3 Å². The van der Waals surface area contributed by atoms with Gasteiger partial charge in [-0.2, -0.15) is 0 Å². The van der Waals surface area contributed by atoms with Crippen molar-refractivity contribution in [2.45, 2.75) is 6.54 Å². The van der Waals surface area contributed by atoms with Gasteiger partial charge in [0, 0.05) is 39.8 Å². The summed E-state index contributed by atoms with van der Waals surface area (Å²) in [6.07, 6.45) is 0. The molecule has 1 aliphatic rings. The number of nitrogens with one attached hydrogen (secondary N) is 1. The monoisotopic (exact) mass is 249 g/mol. The zero-order chi connectivity index (χ0) is 12.1. The molecule has 1 aromatic carbocycles. The fourth-order valence-corrected chi connectivity index (χ4v) is 2.29. The highest BCUT2D eigenvalue weighted by molar-refractivity contribution is 7.80. The first kappa shape index (κ1) is 12.3. The van der Waals surface area contributed by atoms with Gasteiger partial charge in [-0.1, -0.05) is 30.3 Å². The van der Waals surface area contributed by atoms with Crippen LogP contribution in [0.4, 0.5) is 0 Å². The van der Waals surface area contributed by atoms with Crippen molar-refractivity contribution in [1.82, 2.24) is 15.1 Å². The molecule has 3 nitrogen and oxygen atoms in total. The van der Waals surface area contributed by atoms with Crippen molar-refractivity contribution in [3.05, 3.63) is 35.9 Å². The maximum Gasteiger partial charge on any atom is 0.168 e. The van der Waals surface area contributed by atoms with Crippen LogP contribution in [-0.2, 0) is 6.54 Å². The van der Waals surface area contributed by atoms with Gasteiger partial charge in [-0.05, 0) is 17.8 Å². The van der Waals surface area contributed by atoms with E-state index < -0.39 is 0 Å². The van der Waals surface area contributed by atoms with Crippen molar-refractivity contribution in [3.63, 3.8) is 0 Å². The molecule has 2 rings (SSSR count). The predicted molar refractivity (Wildman–Crippen MR) is 74.9 cm³/mol. The molecule has 1 aromatic rings. The molecule has 1 heterocycles. The van der Waals surface area contributed by atoms with Gasteiger partial charge in [0.25, 0.3) is 0 Å². The average molecular weight is 249 g/mol. The Kier molecular flexibility index (Phi) is 4.34. The Hall–Kier alpha value is -1.13. The molecule has 1 saturated heterocycles. The summed E-state index contributed by atoms with van der Waals surface area (Å²) in [5, 5.41) is 3.90. The van der Waals surface area contributed by atoms with E-state index >= 15 is 0 Å². The second kappa shape index (κ2) is 5.98. The van der Waals surface area contributed by atoms with Crippen LogP contribution in [0.3, 0.4) is 0 Å². The van der Waals surface area contributed by atoms with Crippen LogP contribution >= 0.6 is 12.2 Å². The second-order valence-electron chi connectivity index (χ2n) is 4.30. The van der Waals surface area contributed by atoms with Gasteiger partial charge in [-0.3, -0.25) is 4.90 Å². The summed E-state index contributed by atoms with van der Waals surface area (Å²) in [5.41, 5.74) is 1.39. The van der Waals surface area contributed by atoms with Crippen LogP contribution in [-0.4, -0.2) is 48.1 Å². The highest BCUT2D eigenvalue weighted by Crippen LogP contribution is 2.08. The molecule has 1 aliphatic heterocycles. The molecule has 1 fully saturated rings. The third-order valence-electron chi connectivity index (χ3n) is 3.12. The number of hydrogen-bond acceptors (Lipinski definition) is 2. The van der Waals surface area contributed by atoms with Crippen molar-refractivity contribution in [1.29, 1.82) is 0 Å². The normalized spacial score (nSPS) is 16.9. The predicted octanol–water partition coefficient (Wildman–Crippen LogP) is 1.31. The quantitative estimate of drug-likeness (QED) is 0.796. The van der Waals surface area contributed by atoms with Gasteiger partial charge in [0.05, 0.1) is 0 Å². The van der Waals surface area contributed by atoms with Crippen molar-refractivity contribution in [2.24, 2.45) is 0 Å². The van der Waals surface area contributed by atoms with Crippen molar-refractivity contribution in [2.75, 3.05) is 33.2 Å². The maximum absolute atomic E-state index is 5.24. The summed E-state index contributed by atoms with van der Waals surface area (Å²) >= 11 is 5.24. The summed E-state index contributed by atoms with van der Waals surface area (Å²) in [4.78, 5) is 4.71. The van der Waals surface area contributed by atoms with E-state index in [1.807, 2.05) is 7.05 Å². The molecule has 0 saturated carbocycles. The zero-order valence-corrected chi connectivity index (χ0v) is 11.0. The Morgan fingerprint density at radius 3 is 2.41 bits per heavy atom. The van der Waals surface area contributed by atoms with Gasteiger partial charge >= 0.3 is 0 Å². The maximum atomic E-state index is 5.24. The minimum Gasteiger partial charge on any atom is -0.366 e. The Labute approximate surface area is 108 Å². The van der Waals surface area contributed by atoms with Crippen LogP contribution in [0.1, 0.15) is 5.56 Å². The van der Waals surface area contributed by atoms with E-state index in [2.05, 4.69) is 45.4 Å². The lowest BCUT2D eigenvalue weighted by Crippen LogP contribution is -2.50. The summed E-state index contributed by atoms with van der Waals surface area (Å²) in [7, 11) is 1.89. The summed E-state index contributed by atoms with van der Waals surface area (Å²) in [6, 6.07) is 10.6. The average Bonchev–Trinajstić information content (AvgIpc) is 2.40. The van der Waals surface area contributed by atoms with Gasteiger partial charge in [-0.15, -0.1) is 0 Å². The molecule has 0 spiro atoms. The van der Waals surface area contributed by atoms with Crippen LogP contribution in [0.2, 0.25) is 0 Å². The number of nitrogens with zero attached hydrogens (tertiary/aromatic N) is 2. The Morgan fingerprint density at radius 1 is 1.18 bits per heavy atom. The lowest BCUT2D eigenvalue weighted by atomic mass is 10.2. The Bertz CT molecular complexity index is 358. The van der Waals surface area contributed by atoms with Crippen LogP contribution in [0.25, 0.3) is 0 Å². The largest absolute Gasteiger partial charge is 0.366 e. The smallest absolute Gasteiger partial charge is 0.168 e. The molecule has 0 aliphatic carbocycles. The summed E-state index contributed by atoms with van der Waals surface area (Å²) in [6.45, 7) is 5.24. The minimum atomic E-state index is 0.865. The standard InChI is InChI=1S/C13H19N3S/c1-14-13(17)16-9-7-15(8-10-16)11-12-5-3-2-4-6-12/h2-6H,7-11H2,1H3,(H,14,17). The summed E-state index contributed by atoms with van der Waals surface area (Å²) in [5.74, 6) is 0. The van der Waals surface area contributed by atoms with Gasteiger partial charge in [0.2, 0.25) is 0 Å². The first-order chi connectivity index (χ1) is 8.29. The molecule has 0 amide bonds. The molecular formula is C13H19N3S. The van der Waals surface area contributed by atoms with E-state index in [0.717, 1.165) is 37.8 Å². The first-order valence-electron chi connectivity index (χ1n) is 6.02. The van der Waals surface area contributed by atoms with E-state index in [-0.39, 0.29) is 0 Å². The van der Waals surface area contributed by atoms with Crippen LogP contribution in [0.5, 0.6) is 0 Å². The third kappa shape index (κ3) is 3.41. The molecule has 0 atom stereocenters. The number of rotatable bonds is 2. The molecule has 0 unspecified atom stereocenters. The van der Waals surface area contributed by atoms with Crippen molar-refractivity contribution in [3.8, 4) is 0 Å². The number of hydrogen-bond donors (Lipinski definition) is 1. The second-order valence-corrected chi connectivity index (χ2v) is 4.69. The zero-order valence-electron chi connectivity index (χ0n) is 10.2. The SMILES string of the molecule is CNC(=S)N1CCN(Cc2ccccc2)CC1. The van der Waals surface area contributed by atoms with E-state index in [4.69, 9.17) is 12.2 Å². The molecule has 0 bridgehead atoms. The van der Waals surface area contributed by atoms with Gasteiger partial charge in [-0.25, -0.2) is 0 Å². The van der Waals surface area contributed by atoms with Gasteiger partial charge in [0.15, 0.2) is 5.11 Å². The first-order valence-corrected chi connectivity index (χ1v) is 6.43. The topological polar surface area (TPSA) is 18.5 Å². The Morgan fingerprint density at radius 2 is 1.82 bits per heavy atom. The number of piperazine rings is 1. The van der Waals surface area contributed by atoms with Crippen molar-refractivity contribution < 1.29 is 0 Å². The molecule has 1 N–H and O–H groups in total. The van der Waals surface area contributed by atoms with E-state index in [9.17, 15) is 0 Å². The molecule has 0 aromatic heterocycles. The van der Waals surface area contributed by atoms with Crippen LogP contribution in [0, 0.1) is 0 Å². The highest BCUT2D eigenvalue weighted by Gasteiger charge is 2.17. The molecule has 0 radical (unpaired) electrons. The number of benzene rings is 1. The highest BCUT2D eigenvalue weighted by atomic mass is 32.1. The number of thiocarbonyl (C=S) groups is 1. The molecule has 92 valence electrons. The van der Waals surface area contributed by atoms with Gasteiger partial charge < -0.3 is 10.2 Å². The summed E-state index contributed by atoms with van der Waals surface area (Å²) < 4.78 is 0. The van der Waals surface area contributed by atoms with E-state index in [0.29, 0.717) is 0 Å². The Balaban J connectivity index is 1.82. The van der Waals surface area contributed by atoms with E-state index in [1.165, 1.54) is 5.56 Å². The third-order valence-corrected chi connectivity index (χ3v) is 3.58. The van der Waals surface area contributed by atoms with Crippen LogP contribution in [0.15, 0.2) is 30.3 Å². The fourth-order valence-electron chi connectivity index (χ4n) is 2.11. The van der Waals surface area contributed by atoms with E-state index in [1.54, 1.807) is 0 Å². The molecule has 4 heteroatoms. The van der Waals surface area contributed by atoms with Gasteiger partial charge in [0.1, 0.15) is 0 Å². The molecule has 17 heavy (non-hydrogen) atoms. The molecular weight excluding hydrogens is 230 g/mol. The van der Waals surface area contributed by atoms with Crippen LogP contribution < -0.4 is 5.32 Å². The fraction of sp³-hybridized carbons (Fsp3) is 0.462.